The normalized spacial score (nSPS) is 11.4. The van der Waals surface area contributed by atoms with Crippen LogP contribution in [0, 0.1) is 6.92 Å². The Morgan fingerprint density at radius 1 is 1.00 bits per heavy atom. The van der Waals surface area contributed by atoms with Crippen molar-refractivity contribution in [3.8, 4) is 0 Å². The number of sulfonamides is 1. The monoisotopic (exact) mass is 512 g/mol. The topological polar surface area (TPSA) is 130 Å². The minimum atomic E-state index is -3.81. The number of aromatic amines is 1. The Labute approximate surface area is 205 Å². The molecule has 0 saturated carbocycles. The standard InChI is InChI=1S/C24H21ClN4O5S/c1-15-14-18(10-11-20(15)25)35(33,34)28-17-8-6-16(7-9-17)26-22(30)12-13-29-21-5-3-2-4-19(21)23(31)27-24(29)32/h2-11,14,28H,12-13H2,1H3,(H,26,30)(H,27,31,32). The van der Waals surface area contributed by atoms with Gasteiger partial charge in [0.05, 0.1) is 15.8 Å². The second kappa shape index (κ2) is 9.77. The molecule has 3 N–H and O–H groups in total. The number of amides is 1. The van der Waals surface area contributed by atoms with Crippen molar-refractivity contribution in [2.75, 3.05) is 10.0 Å². The molecule has 11 heteroatoms. The van der Waals surface area contributed by atoms with Gasteiger partial charge in [-0.25, -0.2) is 13.2 Å². The highest BCUT2D eigenvalue weighted by Crippen LogP contribution is 2.22. The number of para-hydroxylation sites is 1. The molecule has 0 aliphatic heterocycles. The fourth-order valence-electron chi connectivity index (χ4n) is 3.52. The van der Waals surface area contributed by atoms with E-state index in [0.717, 1.165) is 0 Å². The third-order valence-electron chi connectivity index (χ3n) is 5.33. The summed E-state index contributed by atoms with van der Waals surface area (Å²) in [5.74, 6) is -0.350. The van der Waals surface area contributed by atoms with Crippen LogP contribution in [-0.4, -0.2) is 23.9 Å². The number of hydrogen-bond donors (Lipinski definition) is 3. The summed E-state index contributed by atoms with van der Waals surface area (Å²) < 4.78 is 29.1. The molecular formula is C24H21ClN4O5S. The molecule has 9 nitrogen and oxygen atoms in total. The van der Waals surface area contributed by atoms with Crippen molar-refractivity contribution in [1.82, 2.24) is 9.55 Å². The molecule has 0 atom stereocenters. The van der Waals surface area contributed by atoms with Crippen LogP contribution >= 0.6 is 11.6 Å². The lowest BCUT2D eigenvalue weighted by atomic mass is 10.2. The fraction of sp³-hybridized carbons (Fsp3) is 0.125. The lowest BCUT2D eigenvalue weighted by Crippen LogP contribution is -2.31. The van der Waals surface area contributed by atoms with Crippen LogP contribution in [-0.2, 0) is 21.4 Å². The van der Waals surface area contributed by atoms with E-state index in [9.17, 15) is 22.8 Å². The molecule has 4 rings (SSSR count). The molecule has 0 aliphatic carbocycles. The Morgan fingerprint density at radius 2 is 1.69 bits per heavy atom. The Kier molecular flexibility index (Phi) is 6.77. The molecule has 0 fully saturated rings. The van der Waals surface area contributed by atoms with E-state index in [2.05, 4.69) is 15.0 Å². The van der Waals surface area contributed by atoms with Crippen LogP contribution < -0.4 is 21.3 Å². The van der Waals surface area contributed by atoms with Gasteiger partial charge >= 0.3 is 5.69 Å². The number of fused-ring (bicyclic) bond motifs is 1. The number of benzene rings is 3. The van der Waals surface area contributed by atoms with Crippen LogP contribution in [0.2, 0.25) is 5.02 Å². The summed E-state index contributed by atoms with van der Waals surface area (Å²) in [6.45, 7) is 1.79. The zero-order chi connectivity index (χ0) is 25.2. The molecular weight excluding hydrogens is 492 g/mol. The Bertz CT molecular complexity index is 1640. The summed E-state index contributed by atoms with van der Waals surface area (Å²) in [5.41, 5.74) is 0.800. The molecule has 3 aromatic carbocycles. The maximum Gasteiger partial charge on any atom is 0.328 e. The number of aryl methyl sites for hydroxylation is 2. The maximum atomic E-state index is 12.6. The number of nitrogens with one attached hydrogen (secondary N) is 3. The molecule has 0 unspecified atom stereocenters. The second-order valence-corrected chi connectivity index (χ2v) is 9.91. The third-order valence-corrected chi connectivity index (χ3v) is 7.13. The van der Waals surface area contributed by atoms with Gasteiger partial charge in [0.2, 0.25) is 5.91 Å². The first kappa shape index (κ1) is 24.2. The van der Waals surface area contributed by atoms with Gasteiger partial charge in [0.1, 0.15) is 0 Å². The Hall–Kier alpha value is -3.89. The average Bonchev–Trinajstić information content (AvgIpc) is 2.81. The molecule has 0 saturated heterocycles. The lowest BCUT2D eigenvalue weighted by Gasteiger charge is -2.11. The van der Waals surface area contributed by atoms with E-state index in [0.29, 0.717) is 32.9 Å². The first-order valence-corrected chi connectivity index (χ1v) is 12.4. The van der Waals surface area contributed by atoms with Gasteiger partial charge in [-0.05, 0) is 67.1 Å². The SMILES string of the molecule is Cc1cc(S(=O)(=O)Nc2ccc(NC(=O)CCn3c(=O)[nH]c(=O)c4ccccc43)cc2)ccc1Cl. The zero-order valence-corrected chi connectivity index (χ0v) is 20.1. The number of nitrogens with zero attached hydrogens (tertiary/aromatic N) is 1. The van der Waals surface area contributed by atoms with Gasteiger partial charge in [-0.2, -0.15) is 0 Å². The summed E-state index contributed by atoms with van der Waals surface area (Å²) in [7, 11) is -3.81. The van der Waals surface area contributed by atoms with Crippen molar-refractivity contribution in [2.24, 2.45) is 0 Å². The second-order valence-electron chi connectivity index (χ2n) is 7.82. The van der Waals surface area contributed by atoms with Crippen molar-refractivity contribution in [3.05, 3.63) is 98.2 Å². The highest BCUT2D eigenvalue weighted by molar-refractivity contribution is 7.92. The van der Waals surface area contributed by atoms with E-state index < -0.39 is 21.3 Å². The molecule has 0 radical (unpaired) electrons. The minimum absolute atomic E-state index is 0.0136. The predicted molar refractivity (Wildman–Crippen MR) is 136 cm³/mol. The number of carbonyl (C=O) groups excluding carboxylic acids is 1. The van der Waals surface area contributed by atoms with Crippen molar-refractivity contribution < 1.29 is 13.2 Å². The molecule has 1 heterocycles. The van der Waals surface area contributed by atoms with E-state index in [1.807, 2.05) is 0 Å². The van der Waals surface area contributed by atoms with Crippen molar-refractivity contribution >= 4 is 49.8 Å². The largest absolute Gasteiger partial charge is 0.328 e. The van der Waals surface area contributed by atoms with Crippen LogP contribution in [0.1, 0.15) is 12.0 Å². The van der Waals surface area contributed by atoms with Gasteiger partial charge in [0, 0.05) is 29.4 Å². The third kappa shape index (κ3) is 5.44. The van der Waals surface area contributed by atoms with Crippen molar-refractivity contribution in [1.29, 1.82) is 0 Å². The molecule has 0 bridgehead atoms. The van der Waals surface area contributed by atoms with Gasteiger partial charge in [-0.3, -0.25) is 23.9 Å². The fourth-order valence-corrected chi connectivity index (χ4v) is 4.78. The van der Waals surface area contributed by atoms with E-state index in [-0.39, 0.29) is 23.8 Å². The number of aromatic nitrogens is 2. The first-order chi connectivity index (χ1) is 16.6. The van der Waals surface area contributed by atoms with Gasteiger partial charge in [0.15, 0.2) is 0 Å². The minimum Gasteiger partial charge on any atom is -0.326 e. The zero-order valence-electron chi connectivity index (χ0n) is 18.5. The van der Waals surface area contributed by atoms with Crippen LogP contribution in [0.4, 0.5) is 11.4 Å². The molecule has 0 aliphatic rings. The van der Waals surface area contributed by atoms with Gasteiger partial charge in [-0.15, -0.1) is 0 Å². The number of anilines is 2. The van der Waals surface area contributed by atoms with E-state index >= 15 is 0 Å². The van der Waals surface area contributed by atoms with Gasteiger partial charge < -0.3 is 5.32 Å². The molecule has 4 aromatic rings. The van der Waals surface area contributed by atoms with E-state index in [1.165, 1.54) is 34.9 Å². The van der Waals surface area contributed by atoms with Crippen LogP contribution in [0.25, 0.3) is 10.9 Å². The smallest absolute Gasteiger partial charge is 0.326 e. The maximum absolute atomic E-state index is 12.6. The molecule has 0 spiro atoms. The van der Waals surface area contributed by atoms with Crippen molar-refractivity contribution in [2.45, 2.75) is 24.8 Å². The lowest BCUT2D eigenvalue weighted by molar-refractivity contribution is -0.116. The molecule has 1 amide bonds. The number of carbonyl (C=O) groups is 1. The number of halogens is 1. The first-order valence-electron chi connectivity index (χ1n) is 10.5. The van der Waals surface area contributed by atoms with Crippen LogP contribution in [0.3, 0.4) is 0 Å². The van der Waals surface area contributed by atoms with Crippen molar-refractivity contribution in [3.63, 3.8) is 0 Å². The molecule has 35 heavy (non-hydrogen) atoms. The summed E-state index contributed by atoms with van der Waals surface area (Å²) in [5, 5.41) is 3.54. The number of rotatable bonds is 7. The van der Waals surface area contributed by atoms with E-state index in [4.69, 9.17) is 11.6 Å². The quantitative estimate of drug-likeness (QED) is 0.349. The highest BCUT2D eigenvalue weighted by Gasteiger charge is 2.15. The summed E-state index contributed by atoms with van der Waals surface area (Å²) >= 11 is 5.97. The highest BCUT2D eigenvalue weighted by atomic mass is 35.5. The number of hydrogen-bond acceptors (Lipinski definition) is 5. The van der Waals surface area contributed by atoms with Gasteiger partial charge in [0.25, 0.3) is 15.6 Å². The van der Waals surface area contributed by atoms with Crippen LogP contribution in [0.5, 0.6) is 0 Å². The molecule has 180 valence electrons. The summed E-state index contributed by atoms with van der Waals surface area (Å²) in [6.07, 6.45) is -0.0136. The van der Waals surface area contributed by atoms with E-state index in [1.54, 1.807) is 43.3 Å². The Morgan fingerprint density at radius 3 is 2.40 bits per heavy atom. The molecule has 1 aromatic heterocycles. The predicted octanol–water partition coefficient (Wildman–Crippen LogP) is 3.48. The Balaban J connectivity index is 1.41. The summed E-state index contributed by atoms with van der Waals surface area (Å²) in [4.78, 5) is 39.0. The number of H-pyrrole nitrogens is 1. The average molecular weight is 513 g/mol. The van der Waals surface area contributed by atoms with Gasteiger partial charge in [-0.1, -0.05) is 23.7 Å². The summed E-state index contributed by atoms with van der Waals surface area (Å²) in [6, 6.07) is 17.2. The van der Waals surface area contributed by atoms with Crippen LogP contribution in [0.15, 0.2) is 81.2 Å².